The maximum absolute atomic E-state index is 13.4. The van der Waals surface area contributed by atoms with Gasteiger partial charge in [-0.3, -0.25) is 14.2 Å². The zero-order valence-electron chi connectivity index (χ0n) is 41.8. The highest BCUT2D eigenvalue weighted by Crippen LogP contribution is 2.38. The zero-order chi connectivity index (χ0) is 46.5. The second kappa shape index (κ2) is 43.8. The fraction of sp³-hybridized carbons (Fsp3) is 0.811. The Bertz CT molecular complexity index is 1230. The lowest BCUT2D eigenvalue weighted by molar-refractivity contribution is -0.870. The second-order valence-corrected chi connectivity index (χ2v) is 20.1. The second-order valence-electron chi connectivity index (χ2n) is 18.7. The Morgan fingerprint density at radius 1 is 0.571 bits per heavy atom. The smallest absolute Gasteiger partial charge is 0.306 e. The molecule has 0 aliphatic rings. The fourth-order valence-corrected chi connectivity index (χ4v) is 8.01. The summed E-state index contributed by atoms with van der Waals surface area (Å²) in [6.07, 6.45) is 50.7. The number of carbonyl (C=O) groups excluding carboxylic acids is 2. The number of hydrogen-bond donors (Lipinski definition) is 1. The van der Waals surface area contributed by atoms with E-state index >= 15 is 0 Å². The Morgan fingerprint density at radius 3 is 1.51 bits per heavy atom. The van der Waals surface area contributed by atoms with Crippen LogP contribution in [-0.4, -0.2) is 69.4 Å². The van der Waals surface area contributed by atoms with Crippen LogP contribution in [0.2, 0.25) is 0 Å². The molecule has 0 bridgehead atoms. The van der Waals surface area contributed by atoms with E-state index in [0.29, 0.717) is 23.9 Å². The highest BCUT2D eigenvalue weighted by Gasteiger charge is 2.27. The van der Waals surface area contributed by atoms with Crippen molar-refractivity contribution in [3.63, 3.8) is 0 Å². The van der Waals surface area contributed by atoms with Crippen LogP contribution in [0.3, 0.4) is 0 Å². The van der Waals surface area contributed by atoms with Crippen LogP contribution in [-0.2, 0) is 27.9 Å². The number of nitrogens with zero attached hydrogens (tertiary/aromatic N) is 1. The van der Waals surface area contributed by atoms with E-state index in [1.54, 1.807) is 0 Å². The quantitative estimate of drug-likeness (QED) is 0.0162. The minimum Gasteiger partial charge on any atom is -0.756 e. The molecule has 0 heterocycles. The molecule has 10 heteroatoms. The normalized spacial score (nSPS) is 14.3. The standard InChI is InChI=1S/C53H99N2O7P/c1-7-10-13-16-19-22-25-27-30-33-36-39-42-45-52(56)54-50(49-61-63(58,59)60-48-47-55(4,5)6)51(44-41-38-35-32-29-24-21-18-15-12-9-3)62-53(57)46-43-40-37-34-31-28-26-23-20-17-14-11-8-2/h10,13,16,19,22,25,41,44,50-51H,7-9,11-12,14-15,17-18,20-21,23-24,26-40,42-43,45-49H2,1-6H3,(H-,54,56,58,59)/b13-10+,19-16+,25-22-,44-41+. The van der Waals surface area contributed by atoms with Gasteiger partial charge in [0.2, 0.25) is 5.91 Å². The Hall–Kier alpha value is -2.03. The Kier molecular flexibility index (Phi) is 42.4. The third kappa shape index (κ3) is 44.9. The van der Waals surface area contributed by atoms with E-state index in [1.807, 2.05) is 39.4 Å². The highest BCUT2D eigenvalue weighted by molar-refractivity contribution is 7.45. The topological polar surface area (TPSA) is 114 Å². The van der Waals surface area contributed by atoms with Crippen molar-refractivity contribution >= 4 is 19.7 Å². The zero-order valence-corrected chi connectivity index (χ0v) is 42.7. The number of nitrogens with one attached hydrogen (secondary N) is 1. The van der Waals surface area contributed by atoms with Crippen LogP contribution in [0.15, 0.2) is 48.6 Å². The lowest BCUT2D eigenvalue weighted by Crippen LogP contribution is -2.47. The molecular formula is C53H99N2O7P. The molecule has 0 aliphatic heterocycles. The monoisotopic (exact) mass is 907 g/mol. The molecule has 368 valence electrons. The fourth-order valence-electron chi connectivity index (χ4n) is 7.29. The molecule has 0 spiro atoms. The first-order chi connectivity index (χ1) is 30.4. The van der Waals surface area contributed by atoms with Crippen molar-refractivity contribution in [2.24, 2.45) is 0 Å². The van der Waals surface area contributed by atoms with Gasteiger partial charge in [0.1, 0.15) is 19.3 Å². The molecule has 0 rings (SSSR count). The SMILES string of the molecule is CC/C=C/C=C/C=C\CCCCCCCC(=O)NC(COP(=O)([O-])OCC[N+](C)(C)C)C(/C=C/CCCCCCCCCCC)OC(=O)CCCCCCCCCCCCCCC. The number of phosphoric acid groups is 1. The number of likely N-dealkylation sites (N-methyl/N-ethyl adjacent to an activating group) is 1. The van der Waals surface area contributed by atoms with Crippen molar-refractivity contribution < 1.29 is 37.3 Å². The molecule has 0 saturated heterocycles. The number of ether oxygens (including phenoxy) is 1. The predicted octanol–water partition coefficient (Wildman–Crippen LogP) is 14.4. The highest BCUT2D eigenvalue weighted by atomic mass is 31.2. The van der Waals surface area contributed by atoms with Gasteiger partial charge in [-0.15, -0.1) is 0 Å². The summed E-state index contributed by atoms with van der Waals surface area (Å²) in [7, 11) is 1.17. The van der Waals surface area contributed by atoms with E-state index in [9.17, 15) is 19.0 Å². The van der Waals surface area contributed by atoms with Crippen molar-refractivity contribution in [2.75, 3.05) is 40.9 Å². The van der Waals surface area contributed by atoms with E-state index in [1.165, 1.54) is 109 Å². The van der Waals surface area contributed by atoms with Crippen molar-refractivity contribution in [1.82, 2.24) is 5.32 Å². The number of rotatable bonds is 46. The maximum atomic E-state index is 13.4. The van der Waals surface area contributed by atoms with Gasteiger partial charge in [0, 0.05) is 12.8 Å². The van der Waals surface area contributed by atoms with Crippen molar-refractivity contribution in [2.45, 2.75) is 238 Å². The van der Waals surface area contributed by atoms with Gasteiger partial charge in [0.25, 0.3) is 7.82 Å². The van der Waals surface area contributed by atoms with Crippen LogP contribution in [0.4, 0.5) is 0 Å². The van der Waals surface area contributed by atoms with E-state index in [-0.39, 0.29) is 24.9 Å². The lowest BCUT2D eigenvalue weighted by atomic mass is 10.0. The van der Waals surface area contributed by atoms with Crippen LogP contribution in [0.25, 0.3) is 0 Å². The number of hydrogen-bond acceptors (Lipinski definition) is 7. The first kappa shape index (κ1) is 61.0. The van der Waals surface area contributed by atoms with Gasteiger partial charge in [-0.25, -0.2) is 0 Å². The molecule has 0 radical (unpaired) electrons. The molecule has 63 heavy (non-hydrogen) atoms. The van der Waals surface area contributed by atoms with E-state index in [4.69, 9.17) is 13.8 Å². The number of phosphoric ester groups is 1. The summed E-state index contributed by atoms with van der Waals surface area (Å²) in [4.78, 5) is 39.6. The third-order valence-electron chi connectivity index (χ3n) is 11.3. The molecule has 0 fully saturated rings. The summed E-state index contributed by atoms with van der Waals surface area (Å²) < 4.78 is 30.1. The van der Waals surface area contributed by atoms with E-state index in [0.717, 1.165) is 77.0 Å². The van der Waals surface area contributed by atoms with Gasteiger partial charge < -0.3 is 28.5 Å². The van der Waals surface area contributed by atoms with Gasteiger partial charge in [-0.2, -0.15) is 0 Å². The summed E-state index contributed by atoms with van der Waals surface area (Å²) in [5, 5.41) is 2.99. The van der Waals surface area contributed by atoms with Gasteiger partial charge >= 0.3 is 5.97 Å². The number of unbranched alkanes of at least 4 members (excludes halogenated alkanes) is 26. The van der Waals surface area contributed by atoms with Gasteiger partial charge in [0.05, 0.1) is 33.8 Å². The molecule has 1 N–H and O–H groups in total. The Morgan fingerprint density at radius 2 is 1.02 bits per heavy atom. The molecule has 0 aromatic rings. The Labute approximate surface area is 388 Å². The number of amides is 1. The minimum atomic E-state index is -4.69. The first-order valence-electron chi connectivity index (χ1n) is 26.0. The van der Waals surface area contributed by atoms with Gasteiger partial charge in [-0.1, -0.05) is 211 Å². The molecule has 1 amide bonds. The largest absolute Gasteiger partial charge is 0.756 e. The van der Waals surface area contributed by atoms with Crippen LogP contribution in [0.5, 0.6) is 0 Å². The van der Waals surface area contributed by atoms with E-state index < -0.39 is 26.6 Å². The van der Waals surface area contributed by atoms with Crippen molar-refractivity contribution in [3.8, 4) is 0 Å². The van der Waals surface area contributed by atoms with E-state index in [2.05, 4.69) is 56.5 Å². The average Bonchev–Trinajstić information content (AvgIpc) is 3.23. The molecular weight excluding hydrogens is 808 g/mol. The molecule has 3 atom stereocenters. The molecule has 3 unspecified atom stereocenters. The predicted molar refractivity (Wildman–Crippen MR) is 266 cm³/mol. The lowest BCUT2D eigenvalue weighted by Gasteiger charge is -2.30. The van der Waals surface area contributed by atoms with Gasteiger partial charge in [-0.05, 0) is 51.0 Å². The van der Waals surface area contributed by atoms with Crippen LogP contribution >= 0.6 is 7.82 Å². The van der Waals surface area contributed by atoms with Crippen LogP contribution < -0.4 is 10.2 Å². The van der Waals surface area contributed by atoms with Crippen LogP contribution in [0.1, 0.15) is 226 Å². The molecule has 0 aromatic carbocycles. The minimum absolute atomic E-state index is 0.0263. The van der Waals surface area contributed by atoms with Crippen molar-refractivity contribution in [3.05, 3.63) is 48.6 Å². The third-order valence-corrected chi connectivity index (χ3v) is 12.3. The summed E-state index contributed by atoms with van der Waals surface area (Å²) in [6.45, 7) is 6.67. The summed E-state index contributed by atoms with van der Waals surface area (Å²) in [5.41, 5.74) is 0. The molecule has 0 saturated carbocycles. The Balaban J connectivity index is 5.44. The number of carbonyl (C=O) groups is 2. The van der Waals surface area contributed by atoms with Gasteiger partial charge in [0.15, 0.2) is 0 Å². The molecule has 0 aromatic heterocycles. The molecule has 9 nitrogen and oxygen atoms in total. The summed E-state index contributed by atoms with van der Waals surface area (Å²) in [6, 6.07) is -0.893. The van der Waals surface area contributed by atoms with Crippen molar-refractivity contribution in [1.29, 1.82) is 0 Å². The first-order valence-corrected chi connectivity index (χ1v) is 27.4. The summed E-state index contributed by atoms with van der Waals surface area (Å²) >= 11 is 0. The molecule has 0 aliphatic carbocycles. The number of allylic oxidation sites excluding steroid dienone is 7. The average molecular weight is 907 g/mol. The number of quaternary nitrogens is 1. The summed E-state index contributed by atoms with van der Waals surface area (Å²) in [5.74, 6) is -0.564. The maximum Gasteiger partial charge on any atom is 0.306 e. The van der Waals surface area contributed by atoms with Crippen LogP contribution in [0, 0.1) is 0 Å². The number of esters is 1.